The van der Waals surface area contributed by atoms with Crippen molar-refractivity contribution in [2.24, 2.45) is 0 Å². The maximum absolute atomic E-state index is 14.7. The minimum Gasteiger partial charge on any atom is -0.507 e. The molecular formula is C29H28F2N2O4. The summed E-state index contributed by atoms with van der Waals surface area (Å²) < 4.78 is 36.3. The summed E-state index contributed by atoms with van der Waals surface area (Å²) in [6, 6.07) is 13.8. The standard InChI is InChI=1S/C29H28F2N2O4/c1-5-37-24-13-17(6-8-20(24)28(35)36)25-26-22(14-18(30)15-23(26)34)33(27(25)29(3,4)10-11-32)19-7-9-21(31)16(2)12-19/h6-9,12-15,28,34-36H,5,10H2,1-4H3. The predicted molar refractivity (Wildman–Crippen MR) is 137 cm³/mol. The molecule has 0 fully saturated rings. The number of nitriles is 1. The number of nitrogens with zero attached hydrogens (tertiary/aromatic N) is 2. The summed E-state index contributed by atoms with van der Waals surface area (Å²) in [4.78, 5) is 0. The number of aromatic nitrogens is 1. The van der Waals surface area contributed by atoms with E-state index < -0.39 is 23.3 Å². The van der Waals surface area contributed by atoms with Crippen LogP contribution in [0.25, 0.3) is 27.7 Å². The van der Waals surface area contributed by atoms with Crippen LogP contribution in [0.5, 0.6) is 11.5 Å². The molecule has 0 aliphatic rings. The Morgan fingerprint density at radius 3 is 2.43 bits per heavy atom. The summed E-state index contributed by atoms with van der Waals surface area (Å²) in [6.07, 6.45) is -1.68. The van der Waals surface area contributed by atoms with E-state index in [-0.39, 0.29) is 30.1 Å². The molecule has 0 unspecified atom stereocenters. The SMILES string of the molecule is CCOc1cc(-c2c(C(C)(C)CC#N)n(-c3ccc(F)c(C)c3)c3cc(F)cc(O)c23)ccc1C(O)O. The number of halogens is 2. The van der Waals surface area contributed by atoms with Crippen LogP contribution in [0.1, 0.15) is 50.3 Å². The lowest BCUT2D eigenvalue weighted by atomic mass is 9.81. The highest BCUT2D eigenvalue weighted by Crippen LogP contribution is 2.48. The molecular weight excluding hydrogens is 478 g/mol. The second kappa shape index (κ2) is 9.85. The molecule has 4 rings (SSSR count). The first kappa shape index (κ1) is 26.1. The highest BCUT2D eigenvalue weighted by Gasteiger charge is 2.33. The zero-order valence-electron chi connectivity index (χ0n) is 21.0. The summed E-state index contributed by atoms with van der Waals surface area (Å²) >= 11 is 0. The lowest BCUT2D eigenvalue weighted by molar-refractivity contribution is -0.0441. The average molecular weight is 507 g/mol. The van der Waals surface area contributed by atoms with E-state index >= 15 is 0 Å². The topological polar surface area (TPSA) is 98.6 Å². The van der Waals surface area contributed by atoms with E-state index in [1.807, 2.05) is 13.8 Å². The molecule has 0 saturated heterocycles. The van der Waals surface area contributed by atoms with E-state index in [1.165, 1.54) is 18.2 Å². The number of ether oxygens (including phenoxy) is 1. The number of aliphatic hydroxyl groups is 2. The lowest BCUT2D eigenvalue weighted by Gasteiger charge is -2.27. The number of phenolic OH excluding ortho intramolecular Hbond substituents is 1. The monoisotopic (exact) mass is 506 g/mol. The van der Waals surface area contributed by atoms with E-state index in [2.05, 4.69) is 6.07 Å². The molecule has 4 aromatic rings. The van der Waals surface area contributed by atoms with Gasteiger partial charge in [-0.2, -0.15) is 5.26 Å². The van der Waals surface area contributed by atoms with Crippen LogP contribution in [0.15, 0.2) is 48.5 Å². The van der Waals surface area contributed by atoms with Gasteiger partial charge in [-0.1, -0.05) is 19.9 Å². The molecule has 0 atom stereocenters. The van der Waals surface area contributed by atoms with Crippen molar-refractivity contribution in [1.82, 2.24) is 4.57 Å². The van der Waals surface area contributed by atoms with Crippen molar-refractivity contribution in [3.63, 3.8) is 0 Å². The van der Waals surface area contributed by atoms with Crippen LogP contribution < -0.4 is 4.74 Å². The molecule has 0 spiro atoms. The van der Waals surface area contributed by atoms with Gasteiger partial charge in [0.1, 0.15) is 23.1 Å². The summed E-state index contributed by atoms with van der Waals surface area (Å²) in [5, 5.41) is 40.6. The van der Waals surface area contributed by atoms with Crippen LogP contribution in [-0.4, -0.2) is 26.5 Å². The number of fused-ring (bicyclic) bond motifs is 1. The van der Waals surface area contributed by atoms with Gasteiger partial charge in [-0.25, -0.2) is 8.78 Å². The molecule has 37 heavy (non-hydrogen) atoms. The second-order valence-electron chi connectivity index (χ2n) is 9.59. The zero-order chi connectivity index (χ0) is 27.1. The molecule has 0 aliphatic carbocycles. The Morgan fingerprint density at radius 2 is 1.81 bits per heavy atom. The summed E-state index contributed by atoms with van der Waals surface area (Å²) in [5.41, 5.74) is 2.28. The maximum atomic E-state index is 14.7. The highest BCUT2D eigenvalue weighted by molar-refractivity contribution is 6.03. The Kier molecular flexibility index (Phi) is 6.96. The first-order chi connectivity index (χ1) is 17.5. The zero-order valence-corrected chi connectivity index (χ0v) is 21.0. The molecule has 0 radical (unpaired) electrons. The minimum absolute atomic E-state index is 0.0888. The van der Waals surface area contributed by atoms with E-state index in [4.69, 9.17) is 4.74 Å². The van der Waals surface area contributed by atoms with Crippen LogP contribution in [-0.2, 0) is 5.41 Å². The molecule has 6 nitrogen and oxygen atoms in total. The molecule has 0 bridgehead atoms. The van der Waals surface area contributed by atoms with Crippen molar-refractivity contribution >= 4 is 10.9 Å². The van der Waals surface area contributed by atoms with Gasteiger partial charge in [-0.15, -0.1) is 0 Å². The largest absolute Gasteiger partial charge is 0.507 e. The van der Waals surface area contributed by atoms with Gasteiger partial charge in [0, 0.05) is 40.4 Å². The van der Waals surface area contributed by atoms with E-state index in [1.54, 1.807) is 42.7 Å². The molecule has 0 saturated carbocycles. The summed E-state index contributed by atoms with van der Waals surface area (Å²) in [5.74, 6) is -1.13. The van der Waals surface area contributed by atoms with Crippen LogP contribution in [0.2, 0.25) is 0 Å². The first-order valence-corrected chi connectivity index (χ1v) is 11.8. The fourth-order valence-corrected chi connectivity index (χ4v) is 4.78. The van der Waals surface area contributed by atoms with Gasteiger partial charge in [0.2, 0.25) is 0 Å². The molecule has 0 amide bonds. The fraction of sp³-hybridized carbons (Fsp3) is 0.276. The van der Waals surface area contributed by atoms with Crippen LogP contribution in [0, 0.1) is 29.9 Å². The molecule has 192 valence electrons. The number of aryl methyl sites for hydroxylation is 1. The van der Waals surface area contributed by atoms with E-state index in [0.717, 1.165) is 6.07 Å². The Morgan fingerprint density at radius 1 is 1.08 bits per heavy atom. The van der Waals surface area contributed by atoms with E-state index in [0.29, 0.717) is 39.0 Å². The number of hydrogen-bond acceptors (Lipinski definition) is 5. The van der Waals surface area contributed by atoms with Gasteiger partial charge in [-0.3, -0.25) is 0 Å². The maximum Gasteiger partial charge on any atom is 0.182 e. The molecule has 3 aromatic carbocycles. The average Bonchev–Trinajstić information content (AvgIpc) is 3.17. The van der Waals surface area contributed by atoms with Crippen molar-refractivity contribution in [1.29, 1.82) is 5.26 Å². The quantitative estimate of drug-likeness (QED) is 0.261. The summed E-state index contributed by atoms with van der Waals surface area (Å²) in [6.45, 7) is 7.38. The Balaban J connectivity index is 2.21. The molecule has 0 aliphatic heterocycles. The highest BCUT2D eigenvalue weighted by atomic mass is 19.1. The van der Waals surface area contributed by atoms with Gasteiger partial charge in [0.25, 0.3) is 0 Å². The third-order valence-electron chi connectivity index (χ3n) is 6.45. The smallest absolute Gasteiger partial charge is 0.182 e. The van der Waals surface area contributed by atoms with E-state index in [9.17, 15) is 29.4 Å². The number of aromatic hydroxyl groups is 1. The number of hydrogen-bond donors (Lipinski definition) is 3. The van der Waals surface area contributed by atoms with Gasteiger partial charge < -0.3 is 24.6 Å². The molecule has 3 N–H and O–H groups in total. The van der Waals surface area contributed by atoms with Crippen molar-refractivity contribution in [2.45, 2.75) is 45.8 Å². The summed E-state index contributed by atoms with van der Waals surface area (Å²) in [7, 11) is 0. The Bertz CT molecular complexity index is 1530. The van der Waals surface area contributed by atoms with Crippen LogP contribution in [0.3, 0.4) is 0 Å². The normalized spacial score (nSPS) is 11.8. The van der Waals surface area contributed by atoms with Crippen LogP contribution >= 0.6 is 0 Å². The molecule has 8 heteroatoms. The van der Waals surface area contributed by atoms with Crippen molar-refractivity contribution in [2.75, 3.05) is 6.61 Å². The second-order valence-corrected chi connectivity index (χ2v) is 9.59. The molecule has 1 aromatic heterocycles. The van der Waals surface area contributed by atoms with Crippen LogP contribution in [0.4, 0.5) is 8.78 Å². The third kappa shape index (κ3) is 4.64. The number of phenols is 1. The fourth-order valence-electron chi connectivity index (χ4n) is 4.78. The van der Waals surface area contributed by atoms with Crippen molar-refractivity contribution in [3.8, 4) is 34.4 Å². The number of benzene rings is 3. The van der Waals surface area contributed by atoms with Gasteiger partial charge in [0.05, 0.1) is 23.6 Å². The van der Waals surface area contributed by atoms with Gasteiger partial charge in [0.15, 0.2) is 6.29 Å². The molecule has 1 heterocycles. The Hall–Kier alpha value is -3.93. The number of rotatable bonds is 7. The third-order valence-corrected chi connectivity index (χ3v) is 6.45. The van der Waals surface area contributed by atoms with Gasteiger partial charge in [-0.05, 0) is 61.4 Å². The minimum atomic E-state index is -1.77. The Labute approximate surface area is 213 Å². The lowest BCUT2D eigenvalue weighted by Crippen LogP contribution is -2.22. The van der Waals surface area contributed by atoms with Gasteiger partial charge >= 0.3 is 0 Å². The first-order valence-electron chi connectivity index (χ1n) is 11.8. The van der Waals surface area contributed by atoms with Crippen molar-refractivity contribution < 1.29 is 28.8 Å². The van der Waals surface area contributed by atoms with Crippen molar-refractivity contribution in [3.05, 3.63) is 77.0 Å². The number of aliphatic hydroxyl groups excluding tert-OH is 1. The predicted octanol–water partition coefficient (Wildman–Crippen LogP) is 6.16.